The number of nitrogens with zero attached hydrogens (tertiary/aromatic N) is 1. The fraction of sp³-hybridized carbons (Fsp3) is 0.938. The molecular formula is C16H30N2O2. The highest BCUT2D eigenvalue weighted by atomic mass is 16.5. The van der Waals surface area contributed by atoms with E-state index in [-0.39, 0.29) is 18.1 Å². The van der Waals surface area contributed by atoms with Gasteiger partial charge in [0.25, 0.3) is 0 Å². The van der Waals surface area contributed by atoms with E-state index >= 15 is 0 Å². The zero-order chi connectivity index (χ0) is 14.7. The number of ether oxygens (including phenoxy) is 1. The number of hydrogen-bond donors (Lipinski definition) is 1. The first-order valence-corrected chi connectivity index (χ1v) is 8.19. The summed E-state index contributed by atoms with van der Waals surface area (Å²) in [6.45, 7) is 9.42. The lowest BCUT2D eigenvalue weighted by Gasteiger charge is -2.41. The van der Waals surface area contributed by atoms with Crippen LogP contribution in [0.4, 0.5) is 0 Å². The van der Waals surface area contributed by atoms with Crippen molar-refractivity contribution in [2.45, 2.75) is 90.1 Å². The monoisotopic (exact) mass is 282 g/mol. The van der Waals surface area contributed by atoms with Gasteiger partial charge in [-0.05, 0) is 53.4 Å². The zero-order valence-electron chi connectivity index (χ0n) is 13.4. The fourth-order valence-corrected chi connectivity index (χ4v) is 3.22. The molecule has 1 N–H and O–H groups in total. The predicted octanol–water partition coefficient (Wildman–Crippen LogP) is 2.32. The molecule has 0 aromatic rings. The van der Waals surface area contributed by atoms with Crippen molar-refractivity contribution in [1.82, 2.24) is 10.2 Å². The Morgan fingerprint density at radius 3 is 2.40 bits per heavy atom. The van der Waals surface area contributed by atoms with Gasteiger partial charge in [-0.15, -0.1) is 0 Å². The largest absolute Gasteiger partial charge is 0.462 e. The molecule has 2 atom stereocenters. The van der Waals surface area contributed by atoms with E-state index in [1.165, 1.54) is 19.3 Å². The summed E-state index contributed by atoms with van der Waals surface area (Å²) in [4.78, 5) is 14.5. The Labute approximate surface area is 123 Å². The summed E-state index contributed by atoms with van der Waals surface area (Å²) in [7, 11) is 0. The molecule has 1 aliphatic heterocycles. The zero-order valence-corrected chi connectivity index (χ0v) is 13.4. The second kappa shape index (κ2) is 6.90. The molecule has 1 aliphatic carbocycles. The standard InChI is InChI=1S/C16H30N2O2/c1-11(2)18(14-6-5-7-14)10-13-8-9-15(17-13)16(19)20-12(3)4/h11-15,17H,5-10H2,1-4H3. The van der Waals surface area contributed by atoms with Crippen LogP contribution >= 0.6 is 0 Å². The molecule has 1 heterocycles. The molecule has 4 nitrogen and oxygen atoms in total. The molecular weight excluding hydrogens is 252 g/mol. The summed E-state index contributed by atoms with van der Waals surface area (Å²) in [5, 5.41) is 3.47. The first-order valence-electron chi connectivity index (χ1n) is 8.19. The van der Waals surface area contributed by atoms with Crippen molar-refractivity contribution in [3.05, 3.63) is 0 Å². The van der Waals surface area contributed by atoms with Crippen molar-refractivity contribution in [3.8, 4) is 0 Å². The maximum atomic E-state index is 11.9. The molecule has 0 bridgehead atoms. The maximum Gasteiger partial charge on any atom is 0.323 e. The molecule has 0 amide bonds. The average Bonchev–Trinajstić information content (AvgIpc) is 2.73. The van der Waals surface area contributed by atoms with Crippen LogP contribution in [0.3, 0.4) is 0 Å². The number of carbonyl (C=O) groups excluding carboxylic acids is 1. The van der Waals surface area contributed by atoms with Gasteiger partial charge in [0.05, 0.1) is 6.10 Å². The maximum absolute atomic E-state index is 11.9. The van der Waals surface area contributed by atoms with Crippen LogP contribution in [0.5, 0.6) is 0 Å². The SMILES string of the molecule is CC(C)OC(=O)C1CCC(CN(C(C)C)C2CCC2)N1. The second-order valence-corrected chi connectivity index (χ2v) is 6.85. The first-order chi connectivity index (χ1) is 9.47. The summed E-state index contributed by atoms with van der Waals surface area (Å²) in [6, 6.07) is 1.68. The third-order valence-electron chi connectivity index (χ3n) is 4.52. The number of esters is 1. The van der Waals surface area contributed by atoms with Crippen LogP contribution < -0.4 is 5.32 Å². The highest BCUT2D eigenvalue weighted by Gasteiger charge is 2.34. The smallest absolute Gasteiger partial charge is 0.323 e. The Bertz CT molecular complexity index is 326. The van der Waals surface area contributed by atoms with E-state index in [4.69, 9.17) is 4.74 Å². The molecule has 2 fully saturated rings. The van der Waals surface area contributed by atoms with Crippen molar-refractivity contribution in [1.29, 1.82) is 0 Å². The van der Waals surface area contributed by atoms with Gasteiger partial charge in [-0.2, -0.15) is 0 Å². The van der Waals surface area contributed by atoms with Crippen molar-refractivity contribution in [3.63, 3.8) is 0 Å². The van der Waals surface area contributed by atoms with Gasteiger partial charge < -0.3 is 10.1 Å². The minimum absolute atomic E-state index is 0.0227. The van der Waals surface area contributed by atoms with E-state index in [9.17, 15) is 4.79 Å². The van der Waals surface area contributed by atoms with Crippen molar-refractivity contribution in [2.24, 2.45) is 0 Å². The Balaban J connectivity index is 1.81. The molecule has 2 rings (SSSR count). The lowest BCUT2D eigenvalue weighted by Crippen LogP contribution is -2.50. The van der Waals surface area contributed by atoms with Crippen LogP contribution in [-0.4, -0.2) is 47.7 Å². The molecule has 0 spiro atoms. The van der Waals surface area contributed by atoms with Gasteiger partial charge >= 0.3 is 5.97 Å². The van der Waals surface area contributed by atoms with Crippen molar-refractivity contribution in [2.75, 3.05) is 6.54 Å². The number of hydrogen-bond acceptors (Lipinski definition) is 4. The predicted molar refractivity (Wildman–Crippen MR) is 80.7 cm³/mol. The summed E-state index contributed by atoms with van der Waals surface area (Å²) < 4.78 is 5.30. The molecule has 0 aromatic heterocycles. The van der Waals surface area contributed by atoms with Crippen molar-refractivity contribution < 1.29 is 9.53 Å². The van der Waals surface area contributed by atoms with Crippen LogP contribution in [-0.2, 0) is 9.53 Å². The van der Waals surface area contributed by atoms with E-state index in [1.807, 2.05) is 13.8 Å². The van der Waals surface area contributed by atoms with Crippen LogP contribution in [0.25, 0.3) is 0 Å². The van der Waals surface area contributed by atoms with Crippen LogP contribution in [0.2, 0.25) is 0 Å². The van der Waals surface area contributed by atoms with E-state index in [1.54, 1.807) is 0 Å². The summed E-state index contributed by atoms with van der Waals surface area (Å²) in [6.07, 6.45) is 6.01. The summed E-state index contributed by atoms with van der Waals surface area (Å²) in [5.74, 6) is -0.0813. The molecule has 2 unspecified atom stereocenters. The lowest BCUT2D eigenvalue weighted by molar-refractivity contribution is -0.149. The van der Waals surface area contributed by atoms with Gasteiger partial charge in [-0.3, -0.25) is 9.69 Å². The molecule has 1 saturated heterocycles. The van der Waals surface area contributed by atoms with Crippen LogP contribution in [0, 0.1) is 0 Å². The van der Waals surface area contributed by atoms with Gasteiger partial charge in [0, 0.05) is 24.7 Å². The van der Waals surface area contributed by atoms with Crippen molar-refractivity contribution >= 4 is 5.97 Å². The highest BCUT2D eigenvalue weighted by Crippen LogP contribution is 2.27. The third kappa shape index (κ3) is 3.95. The molecule has 20 heavy (non-hydrogen) atoms. The van der Waals surface area contributed by atoms with Gasteiger partial charge in [0.15, 0.2) is 0 Å². The Hall–Kier alpha value is -0.610. The Kier molecular flexibility index (Phi) is 5.44. The molecule has 0 radical (unpaired) electrons. The first kappa shape index (κ1) is 15.8. The average molecular weight is 282 g/mol. The van der Waals surface area contributed by atoms with Gasteiger partial charge in [-0.25, -0.2) is 0 Å². The van der Waals surface area contributed by atoms with Gasteiger partial charge in [-0.1, -0.05) is 6.42 Å². The number of carbonyl (C=O) groups is 1. The number of rotatable bonds is 6. The molecule has 1 saturated carbocycles. The van der Waals surface area contributed by atoms with E-state index in [0.29, 0.717) is 12.1 Å². The lowest BCUT2D eigenvalue weighted by atomic mass is 9.90. The van der Waals surface area contributed by atoms with Gasteiger partial charge in [0.1, 0.15) is 6.04 Å². The van der Waals surface area contributed by atoms with E-state index in [0.717, 1.165) is 25.4 Å². The van der Waals surface area contributed by atoms with Crippen LogP contribution in [0.15, 0.2) is 0 Å². The highest BCUT2D eigenvalue weighted by molar-refractivity contribution is 5.76. The quantitative estimate of drug-likeness (QED) is 0.759. The normalized spacial score (nSPS) is 27.4. The summed E-state index contributed by atoms with van der Waals surface area (Å²) >= 11 is 0. The fourth-order valence-electron chi connectivity index (χ4n) is 3.22. The summed E-state index contributed by atoms with van der Waals surface area (Å²) in [5.41, 5.74) is 0. The minimum Gasteiger partial charge on any atom is -0.462 e. The third-order valence-corrected chi connectivity index (χ3v) is 4.52. The second-order valence-electron chi connectivity index (χ2n) is 6.85. The van der Waals surface area contributed by atoms with Gasteiger partial charge in [0.2, 0.25) is 0 Å². The number of nitrogens with one attached hydrogen (secondary N) is 1. The minimum atomic E-state index is -0.0993. The Morgan fingerprint density at radius 2 is 1.90 bits per heavy atom. The molecule has 0 aromatic carbocycles. The van der Waals surface area contributed by atoms with Crippen LogP contribution in [0.1, 0.15) is 59.8 Å². The molecule has 116 valence electrons. The molecule has 4 heteroatoms. The molecule has 2 aliphatic rings. The van der Waals surface area contributed by atoms with E-state index in [2.05, 4.69) is 24.1 Å². The topological polar surface area (TPSA) is 41.6 Å². The Morgan fingerprint density at radius 1 is 1.20 bits per heavy atom. The van der Waals surface area contributed by atoms with E-state index < -0.39 is 0 Å².